The summed E-state index contributed by atoms with van der Waals surface area (Å²) in [6.45, 7) is 3.51. The summed E-state index contributed by atoms with van der Waals surface area (Å²) in [5.74, 6) is -0.528. The van der Waals surface area contributed by atoms with Gasteiger partial charge in [0.05, 0.1) is 19.6 Å². The third-order valence-corrected chi connectivity index (χ3v) is 5.38. The van der Waals surface area contributed by atoms with E-state index < -0.39 is 22.2 Å². The summed E-state index contributed by atoms with van der Waals surface area (Å²) < 4.78 is 33.0. The van der Waals surface area contributed by atoms with Crippen LogP contribution in [-0.2, 0) is 19.7 Å². The Labute approximate surface area is 136 Å². The molecule has 6 nitrogen and oxygen atoms in total. The largest absolute Gasteiger partial charge is 0.469 e. The number of hydrogen-bond acceptors (Lipinski definition) is 4. The first-order valence-corrected chi connectivity index (χ1v) is 8.57. The quantitative estimate of drug-likeness (QED) is 0.766. The minimum atomic E-state index is -3.76. The maximum Gasteiger partial charge on any atom is 0.307 e. The number of rotatable bonds is 7. The summed E-state index contributed by atoms with van der Waals surface area (Å²) in [4.78, 5) is 11.6. The van der Waals surface area contributed by atoms with Gasteiger partial charge in [-0.25, -0.2) is 0 Å². The van der Waals surface area contributed by atoms with Gasteiger partial charge in [0.15, 0.2) is 0 Å². The number of benzene rings is 1. The third kappa shape index (κ3) is 4.95. The highest BCUT2D eigenvalue weighted by atomic mass is 35.5. The number of esters is 1. The fourth-order valence-corrected chi connectivity index (χ4v) is 3.32. The normalized spacial score (nSPS) is 13.4. The van der Waals surface area contributed by atoms with Crippen LogP contribution in [0.15, 0.2) is 24.3 Å². The van der Waals surface area contributed by atoms with Crippen LogP contribution >= 0.6 is 11.6 Å². The predicted molar refractivity (Wildman–Crippen MR) is 85.8 cm³/mol. The minimum absolute atomic E-state index is 0.147. The van der Waals surface area contributed by atoms with Gasteiger partial charge in [-0.1, -0.05) is 29.8 Å². The van der Waals surface area contributed by atoms with E-state index >= 15 is 0 Å². The molecule has 0 aromatic heterocycles. The monoisotopic (exact) mass is 348 g/mol. The summed E-state index contributed by atoms with van der Waals surface area (Å²) >= 11 is 6.12. The molecule has 1 aromatic carbocycles. The Morgan fingerprint density at radius 3 is 2.45 bits per heavy atom. The van der Waals surface area contributed by atoms with E-state index in [1.54, 1.807) is 38.1 Å². The molecule has 0 saturated carbocycles. The summed E-state index contributed by atoms with van der Waals surface area (Å²) in [5.41, 5.74) is 0.523. The average Bonchev–Trinajstić information content (AvgIpc) is 2.45. The first kappa shape index (κ1) is 18.9. The van der Waals surface area contributed by atoms with Gasteiger partial charge in [0.25, 0.3) is 10.2 Å². The topological polar surface area (TPSA) is 75.7 Å². The van der Waals surface area contributed by atoms with Gasteiger partial charge in [0, 0.05) is 18.1 Å². The molecule has 0 radical (unpaired) electrons. The van der Waals surface area contributed by atoms with Gasteiger partial charge in [-0.05, 0) is 25.5 Å². The number of halogens is 1. The molecule has 8 heteroatoms. The fourth-order valence-electron chi connectivity index (χ4n) is 1.76. The van der Waals surface area contributed by atoms with Gasteiger partial charge >= 0.3 is 5.97 Å². The Bertz CT molecular complexity index is 619. The highest BCUT2D eigenvalue weighted by Gasteiger charge is 2.28. The van der Waals surface area contributed by atoms with Crippen molar-refractivity contribution in [3.63, 3.8) is 0 Å². The van der Waals surface area contributed by atoms with E-state index in [1.165, 1.54) is 18.5 Å². The molecule has 1 N–H and O–H groups in total. The molecule has 0 unspecified atom stereocenters. The van der Waals surface area contributed by atoms with E-state index in [0.29, 0.717) is 10.6 Å². The van der Waals surface area contributed by atoms with Crippen molar-refractivity contribution < 1.29 is 17.9 Å². The van der Waals surface area contributed by atoms with Crippen molar-refractivity contribution in [3.8, 4) is 0 Å². The van der Waals surface area contributed by atoms with Crippen LogP contribution in [0.25, 0.3) is 0 Å². The Hall–Kier alpha value is -1.15. The van der Waals surface area contributed by atoms with Crippen molar-refractivity contribution in [2.75, 3.05) is 14.2 Å². The molecule has 0 aliphatic carbocycles. The van der Waals surface area contributed by atoms with E-state index in [2.05, 4.69) is 9.46 Å². The van der Waals surface area contributed by atoms with E-state index in [4.69, 9.17) is 11.6 Å². The molecule has 1 aromatic rings. The van der Waals surface area contributed by atoms with Gasteiger partial charge in [-0.2, -0.15) is 17.4 Å². The lowest BCUT2D eigenvalue weighted by Crippen LogP contribution is -2.43. The van der Waals surface area contributed by atoms with E-state index in [1.807, 2.05) is 0 Å². The number of methoxy groups -OCH3 is 1. The number of carbonyl (C=O) groups is 1. The summed E-state index contributed by atoms with van der Waals surface area (Å²) in [6.07, 6.45) is -0.147. The third-order valence-electron chi connectivity index (χ3n) is 3.28. The molecule has 22 heavy (non-hydrogen) atoms. The Balaban J connectivity index is 3.12. The van der Waals surface area contributed by atoms with E-state index in [9.17, 15) is 13.2 Å². The van der Waals surface area contributed by atoms with Gasteiger partial charge in [0.2, 0.25) is 0 Å². The van der Waals surface area contributed by atoms with Gasteiger partial charge in [-0.15, -0.1) is 0 Å². The lowest BCUT2D eigenvalue weighted by atomic mass is 10.1. The lowest BCUT2D eigenvalue weighted by molar-refractivity contribution is -0.141. The van der Waals surface area contributed by atoms with Crippen LogP contribution in [0.4, 0.5) is 0 Å². The van der Waals surface area contributed by atoms with Gasteiger partial charge in [0.1, 0.15) is 0 Å². The molecule has 0 bridgehead atoms. The molecule has 1 atom stereocenters. The smallest absolute Gasteiger partial charge is 0.307 e. The molecular formula is C14H21ClN2O4S. The van der Waals surface area contributed by atoms with Crippen LogP contribution < -0.4 is 4.72 Å². The minimum Gasteiger partial charge on any atom is -0.469 e. The standard InChI is InChI=1S/C14H21ClN2O4S/c1-10(2)17(3)22(19,20)16-13(9-14(18)21-4)11-7-5-6-8-12(11)15/h5-8,10,13,16H,9H2,1-4H3/t13-/m0/s1. The van der Waals surface area contributed by atoms with Crippen molar-refractivity contribution in [2.45, 2.75) is 32.4 Å². The van der Waals surface area contributed by atoms with Crippen molar-refractivity contribution in [1.29, 1.82) is 0 Å². The highest BCUT2D eigenvalue weighted by molar-refractivity contribution is 7.87. The van der Waals surface area contributed by atoms with Crippen molar-refractivity contribution in [3.05, 3.63) is 34.9 Å². The molecule has 0 heterocycles. The molecule has 0 aliphatic heterocycles. The molecule has 0 saturated heterocycles. The molecule has 0 aliphatic rings. The number of carbonyl (C=O) groups excluding carboxylic acids is 1. The van der Waals surface area contributed by atoms with Crippen LogP contribution in [0.3, 0.4) is 0 Å². The zero-order valence-corrected chi connectivity index (χ0v) is 14.6. The second-order valence-electron chi connectivity index (χ2n) is 5.09. The van der Waals surface area contributed by atoms with Crippen LogP contribution in [0.2, 0.25) is 5.02 Å². The second kappa shape index (κ2) is 7.92. The zero-order chi connectivity index (χ0) is 16.9. The second-order valence-corrected chi connectivity index (χ2v) is 7.26. The van der Waals surface area contributed by atoms with E-state index in [-0.39, 0.29) is 12.5 Å². The number of hydrogen-bond donors (Lipinski definition) is 1. The van der Waals surface area contributed by atoms with Crippen LogP contribution in [0.1, 0.15) is 31.9 Å². The first-order valence-electron chi connectivity index (χ1n) is 6.75. The number of nitrogens with zero attached hydrogens (tertiary/aromatic N) is 1. The van der Waals surface area contributed by atoms with Crippen molar-refractivity contribution in [2.24, 2.45) is 0 Å². The Morgan fingerprint density at radius 1 is 1.36 bits per heavy atom. The first-order chi connectivity index (χ1) is 10.2. The van der Waals surface area contributed by atoms with Crippen molar-refractivity contribution >= 4 is 27.8 Å². The maximum atomic E-state index is 12.4. The molecule has 0 amide bonds. The van der Waals surface area contributed by atoms with Crippen LogP contribution in [0, 0.1) is 0 Å². The summed E-state index contributed by atoms with van der Waals surface area (Å²) in [5, 5.41) is 0.381. The average molecular weight is 349 g/mol. The van der Waals surface area contributed by atoms with Crippen LogP contribution in [-0.4, -0.2) is 38.9 Å². The van der Waals surface area contributed by atoms with Crippen molar-refractivity contribution in [1.82, 2.24) is 9.03 Å². The Morgan fingerprint density at radius 2 is 1.95 bits per heavy atom. The molecular weight excluding hydrogens is 328 g/mol. The summed E-state index contributed by atoms with van der Waals surface area (Å²) in [6, 6.07) is 5.76. The maximum absolute atomic E-state index is 12.4. The van der Waals surface area contributed by atoms with E-state index in [0.717, 1.165) is 0 Å². The van der Waals surface area contributed by atoms with Gasteiger partial charge < -0.3 is 4.74 Å². The highest BCUT2D eigenvalue weighted by Crippen LogP contribution is 2.26. The van der Waals surface area contributed by atoms with Crippen LogP contribution in [0.5, 0.6) is 0 Å². The Kier molecular flexibility index (Phi) is 6.80. The number of ether oxygens (including phenoxy) is 1. The zero-order valence-electron chi connectivity index (χ0n) is 13.0. The fraction of sp³-hybridized carbons (Fsp3) is 0.500. The molecule has 0 fully saturated rings. The van der Waals surface area contributed by atoms with Gasteiger partial charge in [-0.3, -0.25) is 4.79 Å². The molecule has 124 valence electrons. The number of nitrogens with one attached hydrogen (secondary N) is 1. The lowest BCUT2D eigenvalue weighted by Gasteiger charge is -2.25. The molecule has 0 spiro atoms. The summed E-state index contributed by atoms with van der Waals surface area (Å²) in [7, 11) is -1.04. The SMILES string of the molecule is COC(=O)C[C@H](NS(=O)(=O)N(C)C(C)C)c1ccccc1Cl. The molecule has 1 rings (SSSR count). The predicted octanol–water partition coefficient (Wildman–Crippen LogP) is 2.12.